The Morgan fingerprint density at radius 1 is 1.00 bits per heavy atom. The van der Waals surface area contributed by atoms with Crippen LogP contribution in [0.15, 0.2) is 65.6 Å². The lowest BCUT2D eigenvalue weighted by Crippen LogP contribution is -2.13. The van der Waals surface area contributed by atoms with Gasteiger partial charge in [-0.05, 0) is 58.6 Å². The third kappa shape index (κ3) is 3.86. The molecule has 0 aliphatic heterocycles. The number of pyridine rings is 1. The molecule has 0 atom stereocenters. The van der Waals surface area contributed by atoms with E-state index in [1.807, 2.05) is 42.5 Å². The molecule has 0 bridgehead atoms. The van der Waals surface area contributed by atoms with Crippen LogP contribution in [0, 0.1) is 0 Å². The first kappa shape index (κ1) is 18.5. The second kappa shape index (κ2) is 7.62. The lowest BCUT2D eigenvalue weighted by molar-refractivity contribution is 0.862. The number of nitrogens with zero attached hydrogens (tertiary/aromatic N) is 3. The summed E-state index contributed by atoms with van der Waals surface area (Å²) in [6, 6.07) is 16.8. The summed E-state index contributed by atoms with van der Waals surface area (Å²) in [5.41, 5.74) is 3.61. The second-order valence-electron chi connectivity index (χ2n) is 6.42. The van der Waals surface area contributed by atoms with E-state index in [4.69, 9.17) is 23.2 Å². The van der Waals surface area contributed by atoms with E-state index in [0.717, 1.165) is 27.6 Å². The smallest absolute Gasteiger partial charge is 0.250 e. The zero-order valence-corrected chi connectivity index (χ0v) is 16.5. The molecule has 1 N–H and O–H groups in total. The molecule has 4 rings (SSSR count). The van der Waals surface area contributed by atoms with Crippen LogP contribution >= 0.6 is 23.2 Å². The third-order valence-corrected chi connectivity index (χ3v) is 4.84. The quantitative estimate of drug-likeness (QED) is 0.485. The van der Waals surface area contributed by atoms with Gasteiger partial charge in [-0.2, -0.15) is 0 Å². The Morgan fingerprint density at radius 3 is 2.61 bits per heavy atom. The molecule has 2 heterocycles. The van der Waals surface area contributed by atoms with Crippen molar-refractivity contribution in [2.24, 2.45) is 7.05 Å². The lowest BCUT2D eigenvalue weighted by atomic mass is 10.0. The van der Waals surface area contributed by atoms with Gasteiger partial charge < -0.3 is 9.88 Å². The summed E-state index contributed by atoms with van der Waals surface area (Å²) in [6.45, 7) is 0.549. The molecule has 7 heteroatoms. The SMILES string of the molecule is Cn1cc(-c2ccc3nc(Cl)nc(NCc4cccc(Cl)c4)c3c2)ccc1=O. The molecular weight excluding hydrogens is 395 g/mol. The number of rotatable bonds is 4. The molecule has 0 spiro atoms. The molecule has 0 saturated carbocycles. The summed E-state index contributed by atoms with van der Waals surface area (Å²) in [7, 11) is 1.73. The Balaban J connectivity index is 1.74. The molecule has 4 aromatic rings. The first-order chi connectivity index (χ1) is 13.5. The number of benzene rings is 2. The van der Waals surface area contributed by atoms with Crippen molar-refractivity contribution in [3.05, 3.63) is 87.0 Å². The molecule has 0 radical (unpaired) electrons. The fourth-order valence-corrected chi connectivity index (χ4v) is 3.40. The molecule has 0 amide bonds. The van der Waals surface area contributed by atoms with E-state index >= 15 is 0 Å². The van der Waals surface area contributed by atoms with Crippen molar-refractivity contribution in [3.63, 3.8) is 0 Å². The number of hydrogen-bond donors (Lipinski definition) is 1. The highest BCUT2D eigenvalue weighted by Gasteiger charge is 2.09. The van der Waals surface area contributed by atoms with E-state index in [9.17, 15) is 4.79 Å². The van der Waals surface area contributed by atoms with Crippen molar-refractivity contribution < 1.29 is 0 Å². The molecule has 0 unspecified atom stereocenters. The van der Waals surface area contributed by atoms with Crippen LogP contribution in [0.3, 0.4) is 0 Å². The molecule has 2 aromatic heterocycles. The summed E-state index contributed by atoms with van der Waals surface area (Å²) >= 11 is 12.2. The molecule has 0 aliphatic rings. The van der Waals surface area contributed by atoms with Crippen LogP contribution in [0.5, 0.6) is 0 Å². The van der Waals surface area contributed by atoms with Crippen LogP contribution in [0.25, 0.3) is 22.0 Å². The normalized spacial score (nSPS) is 11.0. The molecule has 0 aliphatic carbocycles. The minimum atomic E-state index is -0.0523. The largest absolute Gasteiger partial charge is 0.365 e. The zero-order valence-electron chi connectivity index (χ0n) is 15.0. The Bertz CT molecular complexity index is 1240. The van der Waals surface area contributed by atoms with Gasteiger partial charge >= 0.3 is 0 Å². The molecular formula is C21H16Cl2N4O. The number of nitrogens with one attached hydrogen (secondary N) is 1. The van der Waals surface area contributed by atoms with E-state index in [-0.39, 0.29) is 10.8 Å². The average Bonchev–Trinajstić information content (AvgIpc) is 2.68. The topological polar surface area (TPSA) is 59.8 Å². The van der Waals surface area contributed by atoms with Crippen LogP contribution in [0.4, 0.5) is 5.82 Å². The molecule has 140 valence electrons. The molecule has 0 fully saturated rings. The number of hydrogen-bond acceptors (Lipinski definition) is 4. The van der Waals surface area contributed by atoms with Crippen molar-refractivity contribution in [2.75, 3.05) is 5.32 Å². The number of fused-ring (bicyclic) bond motifs is 1. The number of anilines is 1. The molecule has 2 aromatic carbocycles. The van der Waals surface area contributed by atoms with Gasteiger partial charge in [-0.1, -0.05) is 29.8 Å². The third-order valence-electron chi connectivity index (χ3n) is 4.44. The average molecular weight is 411 g/mol. The first-order valence-electron chi connectivity index (χ1n) is 8.62. The van der Waals surface area contributed by atoms with Crippen molar-refractivity contribution in [2.45, 2.75) is 6.54 Å². The minimum Gasteiger partial charge on any atom is -0.365 e. The Labute approximate surface area is 171 Å². The monoisotopic (exact) mass is 410 g/mol. The predicted molar refractivity (Wildman–Crippen MR) is 114 cm³/mol. The van der Waals surface area contributed by atoms with E-state index in [1.54, 1.807) is 29.9 Å². The van der Waals surface area contributed by atoms with Gasteiger partial charge in [0.1, 0.15) is 5.82 Å². The van der Waals surface area contributed by atoms with Crippen molar-refractivity contribution >= 4 is 39.9 Å². The first-order valence-corrected chi connectivity index (χ1v) is 9.38. The Morgan fingerprint density at radius 2 is 1.82 bits per heavy atom. The highest BCUT2D eigenvalue weighted by molar-refractivity contribution is 6.30. The second-order valence-corrected chi connectivity index (χ2v) is 7.20. The highest BCUT2D eigenvalue weighted by atomic mass is 35.5. The van der Waals surface area contributed by atoms with Crippen LogP contribution in [0.1, 0.15) is 5.56 Å². The predicted octanol–water partition coefficient (Wildman–Crippen LogP) is 4.91. The Hall–Kier alpha value is -2.89. The number of aromatic nitrogens is 3. The molecule has 0 saturated heterocycles. The number of aryl methyl sites for hydroxylation is 1. The zero-order chi connectivity index (χ0) is 19.7. The van der Waals surface area contributed by atoms with Gasteiger partial charge in [0, 0.05) is 36.3 Å². The Kier molecular flexibility index (Phi) is 5.03. The van der Waals surface area contributed by atoms with Gasteiger partial charge in [-0.15, -0.1) is 0 Å². The van der Waals surface area contributed by atoms with Crippen molar-refractivity contribution in [3.8, 4) is 11.1 Å². The summed E-state index contributed by atoms with van der Waals surface area (Å²) < 4.78 is 1.55. The summed E-state index contributed by atoms with van der Waals surface area (Å²) in [6.07, 6.45) is 1.80. The van der Waals surface area contributed by atoms with E-state index in [1.165, 1.54) is 0 Å². The summed E-state index contributed by atoms with van der Waals surface area (Å²) in [4.78, 5) is 20.3. The van der Waals surface area contributed by atoms with Crippen molar-refractivity contribution in [1.82, 2.24) is 14.5 Å². The van der Waals surface area contributed by atoms with Crippen LogP contribution < -0.4 is 10.9 Å². The van der Waals surface area contributed by atoms with Crippen molar-refractivity contribution in [1.29, 1.82) is 0 Å². The van der Waals surface area contributed by atoms with Gasteiger partial charge in [-0.3, -0.25) is 4.79 Å². The van der Waals surface area contributed by atoms with Gasteiger partial charge in [-0.25, -0.2) is 9.97 Å². The van der Waals surface area contributed by atoms with Gasteiger partial charge in [0.25, 0.3) is 0 Å². The minimum absolute atomic E-state index is 0.0523. The maximum Gasteiger partial charge on any atom is 0.250 e. The lowest BCUT2D eigenvalue weighted by Gasteiger charge is -2.11. The van der Waals surface area contributed by atoms with Gasteiger partial charge in [0.2, 0.25) is 10.8 Å². The van der Waals surface area contributed by atoms with Gasteiger partial charge in [0.05, 0.1) is 5.52 Å². The highest BCUT2D eigenvalue weighted by Crippen LogP contribution is 2.28. The van der Waals surface area contributed by atoms with Crippen LogP contribution in [0.2, 0.25) is 10.3 Å². The fraction of sp³-hybridized carbons (Fsp3) is 0.0952. The maximum atomic E-state index is 11.7. The van der Waals surface area contributed by atoms with E-state index < -0.39 is 0 Å². The molecule has 28 heavy (non-hydrogen) atoms. The van der Waals surface area contributed by atoms with Gasteiger partial charge in [0.15, 0.2) is 0 Å². The molecule has 5 nitrogen and oxygen atoms in total. The summed E-state index contributed by atoms with van der Waals surface area (Å²) in [5.74, 6) is 0.640. The summed E-state index contributed by atoms with van der Waals surface area (Å²) in [5, 5.41) is 5.03. The van der Waals surface area contributed by atoms with E-state index in [0.29, 0.717) is 17.4 Å². The fourth-order valence-electron chi connectivity index (χ4n) is 3.01. The standard InChI is InChI=1S/C21H16Cl2N4O/c1-27-12-15(6-8-19(27)28)14-5-7-18-17(10-14)20(26-21(23)25-18)24-11-13-3-2-4-16(22)9-13/h2-10,12H,11H2,1H3,(H,24,25,26). The van der Waals surface area contributed by atoms with Crippen LogP contribution in [-0.4, -0.2) is 14.5 Å². The maximum absolute atomic E-state index is 11.7. The van der Waals surface area contributed by atoms with E-state index in [2.05, 4.69) is 15.3 Å². The number of halogens is 2. The van der Waals surface area contributed by atoms with Crippen LogP contribution in [-0.2, 0) is 13.6 Å².